The number of anilines is 1. The summed E-state index contributed by atoms with van der Waals surface area (Å²) in [6.45, 7) is 3.04. The van der Waals surface area contributed by atoms with E-state index < -0.39 is 24.2 Å². The maximum absolute atomic E-state index is 12.3. The van der Waals surface area contributed by atoms with Gasteiger partial charge in [-0.15, -0.1) is 0 Å². The first kappa shape index (κ1) is 20.7. The second-order valence-corrected chi connectivity index (χ2v) is 6.73. The van der Waals surface area contributed by atoms with Crippen molar-refractivity contribution in [1.29, 1.82) is 0 Å². The highest BCUT2D eigenvalue weighted by molar-refractivity contribution is 7.99. The van der Waals surface area contributed by atoms with Gasteiger partial charge < -0.3 is 14.8 Å². The van der Waals surface area contributed by atoms with Crippen molar-refractivity contribution in [1.82, 2.24) is 0 Å². The summed E-state index contributed by atoms with van der Waals surface area (Å²) >= 11 is 0.416. The minimum Gasteiger partial charge on any atom is -0.482 e. The Kier molecular flexibility index (Phi) is 7.60. The molecule has 0 aliphatic heterocycles. The third-order valence-electron chi connectivity index (χ3n) is 3.40. The van der Waals surface area contributed by atoms with Crippen molar-refractivity contribution in [2.45, 2.75) is 24.5 Å². The molecule has 0 aromatic heterocycles. The molecule has 8 heteroatoms. The molecule has 0 fully saturated rings. The molecule has 0 aliphatic carbocycles. The Balaban J connectivity index is 1.73. The summed E-state index contributed by atoms with van der Waals surface area (Å²) < 4.78 is 34.7. The number of esters is 1. The molecular weight excluding hydrogens is 376 g/mol. The van der Waals surface area contributed by atoms with Crippen molar-refractivity contribution in [3.63, 3.8) is 0 Å². The fraction of sp³-hybridized carbons (Fsp3) is 0.263. The van der Waals surface area contributed by atoms with E-state index >= 15 is 0 Å². The van der Waals surface area contributed by atoms with Crippen LogP contribution in [0.25, 0.3) is 0 Å². The molecule has 2 aromatic carbocycles. The minimum absolute atomic E-state index is 0.309. The zero-order valence-electron chi connectivity index (χ0n) is 14.8. The third kappa shape index (κ3) is 7.26. The average molecular weight is 395 g/mol. The van der Waals surface area contributed by atoms with Crippen LogP contribution in [0.2, 0.25) is 0 Å². The summed E-state index contributed by atoms with van der Waals surface area (Å²) in [5.74, 6) is -3.14. The van der Waals surface area contributed by atoms with Crippen LogP contribution in [0.5, 0.6) is 5.75 Å². The summed E-state index contributed by atoms with van der Waals surface area (Å²) in [4.78, 5) is 23.9. The number of rotatable bonds is 8. The molecule has 0 aliphatic rings. The lowest BCUT2D eigenvalue weighted by atomic mass is 10.1. The fourth-order valence-corrected chi connectivity index (χ4v) is 2.70. The zero-order chi connectivity index (χ0) is 19.8. The standard InChI is InChI=1S/C19H19F2NO4S/c1-12-3-8-16(13(2)9-12)25-11-18(24)26-10-17(23)22-14-4-6-15(7-5-14)27-19(20)21/h3-9,19H,10-11H2,1-2H3,(H,22,23). The number of carbonyl (C=O) groups is 2. The summed E-state index contributed by atoms with van der Waals surface area (Å²) in [7, 11) is 0. The van der Waals surface area contributed by atoms with E-state index in [0.29, 0.717) is 28.1 Å². The summed E-state index contributed by atoms with van der Waals surface area (Å²) in [5, 5.41) is 2.51. The van der Waals surface area contributed by atoms with Gasteiger partial charge in [0.15, 0.2) is 13.2 Å². The number of benzene rings is 2. The molecule has 0 radical (unpaired) electrons. The number of nitrogens with one attached hydrogen (secondary N) is 1. The van der Waals surface area contributed by atoms with Crippen LogP contribution in [0.4, 0.5) is 14.5 Å². The van der Waals surface area contributed by atoms with Crippen LogP contribution in [-0.4, -0.2) is 30.8 Å². The molecule has 1 N–H and O–H groups in total. The maximum atomic E-state index is 12.3. The van der Waals surface area contributed by atoms with Crippen LogP contribution in [0.1, 0.15) is 11.1 Å². The molecule has 0 heterocycles. The van der Waals surface area contributed by atoms with Crippen molar-refractivity contribution in [2.75, 3.05) is 18.5 Å². The van der Waals surface area contributed by atoms with Gasteiger partial charge in [-0.25, -0.2) is 4.79 Å². The summed E-state index contributed by atoms with van der Waals surface area (Å²) in [6, 6.07) is 11.5. The monoisotopic (exact) mass is 395 g/mol. The molecule has 2 aromatic rings. The van der Waals surface area contributed by atoms with E-state index in [1.807, 2.05) is 26.0 Å². The van der Waals surface area contributed by atoms with Gasteiger partial charge in [-0.2, -0.15) is 8.78 Å². The molecule has 0 saturated heterocycles. The highest BCUT2D eigenvalue weighted by Crippen LogP contribution is 2.26. The van der Waals surface area contributed by atoms with Gasteiger partial charge in [-0.3, -0.25) is 4.79 Å². The number of alkyl halides is 2. The number of hydrogen-bond donors (Lipinski definition) is 1. The van der Waals surface area contributed by atoms with Crippen molar-refractivity contribution in [2.24, 2.45) is 0 Å². The van der Waals surface area contributed by atoms with E-state index in [4.69, 9.17) is 9.47 Å². The van der Waals surface area contributed by atoms with E-state index in [1.54, 1.807) is 6.07 Å². The molecule has 5 nitrogen and oxygen atoms in total. The molecule has 0 unspecified atom stereocenters. The Morgan fingerprint density at radius 1 is 1.07 bits per heavy atom. The molecular formula is C19H19F2NO4S. The number of ether oxygens (including phenoxy) is 2. The van der Waals surface area contributed by atoms with E-state index in [2.05, 4.69) is 5.32 Å². The largest absolute Gasteiger partial charge is 0.482 e. The average Bonchev–Trinajstić information content (AvgIpc) is 2.60. The number of carbonyl (C=O) groups excluding carboxylic acids is 2. The van der Waals surface area contributed by atoms with Crippen LogP contribution in [0.3, 0.4) is 0 Å². The number of thioether (sulfide) groups is 1. The highest BCUT2D eigenvalue weighted by Gasteiger charge is 2.10. The molecule has 0 atom stereocenters. The van der Waals surface area contributed by atoms with Crippen LogP contribution in [0, 0.1) is 13.8 Å². The second-order valence-electron chi connectivity index (χ2n) is 5.67. The fourth-order valence-electron chi connectivity index (χ4n) is 2.20. The number of hydrogen-bond acceptors (Lipinski definition) is 5. The predicted molar refractivity (Wildman–Crippen MR) is 99.3 cm³/mol. The third-order valence-corrected chi connectivity index (χ3v) is 4.13. The SMILES string of the molecule is Cc1ccc(OCC(=O)OCC(=O)Nc2ccc(SC(F)F)cc2)c(C)c1. The van der Waals surface area contributed by atoms with Crippen molar-refractivity contribution < 1.29 is 27.8 Å². The van der Waals surface area contributed by atoms with Crippen LogP contribution in [-0.2, 0) is 14.3 Å². The van der Waals surface area contributed by atoms with Gasteiger partial charge >= 0.3 is 5.97 Å². The molecule has 27 heavy (non-hydrogen) atoms. The smallest absolute Gasteiger partial charge is 0.344 e. The van der Waals surface area contributed by atoms with Gasteiger partial charge in [0, 0.05) is 10.6 Å². The molecule has 0 bridgehead atoms. The Morgan fingerprint density at radius 3 is 2.41 bits per heavy atom. The molecule has 2 rings (SSSR count). The molecule has 144 valence electrons. The quantitative estimate of drug-likeness (QED) is 0.537. The number of halogens is 2. The Hall–Kier alpha value is -2.61. The maximum Gasteiger partial charge on any atom is 0.344 e. The van der Waals surface area contributed by atoms with Crippen LogP contribution >= 0.6 is 11.8 Å². The van der Waals surface area contributed by atoms with Crippen LogP contribution in [0.15, 0.2) is 47.4 Å². The highest BCUT2D eigenvalue weighted by atomic mass is 32.2. The van der Waals surface area contributed by atoms with Gasteiger partial charge in [-0.1, -0.05) is 29.5 Å². The number of amides is 1. The lowest BCUT2D eigenvalue weighted by molar-refractivity contribution is -0.149. The van der Waals surface area contributed by atoms with Crippen LogP contribution < -0.4 is 10.1 Å². The molecule has 0 spiro atoms. The van der Waals surface area contributed by atoms with Gasteiger partial charge in [-0.05, 0) is 49.7 Å². The predicted octanol–water partition coefficient (Wildman–Crippen LogP) is 4.18. The topological polar surface area (TPSA) is 64.6 Å². The van der Waals surface area contributed by atoms with Crippen molar-refractivity contribution >= 4 is 29.3 Å². The lowest BCUT2D eigenvalue weighted by Crippen LogP contribution is -2.23. The first-order valence-corrected chi connectivity index (χ1v) is 8.92. The van der Waals surface area contributed by atoms with Crippen molar-refractivity contribution in [3.8, 4) is 5.75 Å². The first-order valence-electron chi connectivity index (χ1n) is 8.04. The second kappa shape index (κ2) is 9.91. The lowest BCUT2D eigenvalue weighted by Gasteiger charge is -2.10. The van der Waals surface area contributed by atoms with E-state index in [0.717, 1.165) is 11.1 Å². The molecule has 0 saturated carbocycles. The van der Waals surface area contributed by atoms with Gasteiger partial charge in [0.25, 0.3) is 11.7 Å². The normalized spacial score (nSPS) is 10.6. The number of aryl methyl sites for hydroxylation is 2. The molecule has 1 amide bonds. The van der Waals surface area contributed by atoms with Gasteiger partial charge in [0.2, 0.25) is 0 Å². The Labute approximate surface area is 160 Å². The zero-order valence-corrected chi connectivity index (χ0v) is 15.6. The van der Waals surface area contributed by atoms with E-state index in [-0.39, 0.29) is 6.61 Å². The first-order chi connectivity index (χ1) is 12.8. The van der Waals surface area contributed by atoms with Crippen molar-refractivity contribution in [3.05, 3.63) is 53.6 Å². The van der Waals surface area contributed by atoms with E-state index in [9.17, 15) is 18.4 Å². The van der Waals surface area contributed by atoms with Gasteiger partial charge in [0.1, 0.15) is 5.75 Å². The Morgan fingerprint density at radius 2 is 1.78 bits per heavy atom. The Bertz CT molecular complexity index is 797. The summed E-state index contributed by atoms with van der Waals surface area (Å²) in [5.41, 5.74) is 2.40. The summed E-state index contributed by atoms with van der Waals surface area (Å²) in [6.07, 6.45) is 0. The minimum atomic E-state index is -2.50. The van der Waals surface area contributed by atoms with E-state index in [1.165, 1.54) is 24.3 Å². The van der Waals surface area contributed by atoms with Gasteiger partial charge in [0.05, 0.1) is 0 Å².